The molecule has 2 aliphatic heterocycles. The molecule has 1 aromatic rings. The van der Waals surface area contributed by atoms with E-state index in [0.717, 1.165) is 24.1 Å². The summed E-state index contributed by atoms with van der Waals surface area (Å²) in [6.45, 7) is 3.13. The van der Waals surface area contributed by atoms with Gasteiger partial charge in [0.15, 0.2) is 0 Å². The Bertz CT molecular complexity index is 551. The van der Waals surface area contributed by atoms with Gasteiger partial charge in [0, 0.05) is 13.1 Å². The largest absolute Gasteiger partial charge is 0.301 e. The Labute approximate surface area is 95.5 Å². The molecule has 2 aliphatic rings. The number of anilines is 1. The van der Waals surface area contributed by atoms with E-state index >= 15 is 0 Å². The summed E-state index contributed by atoms with van der Waals surface area (Å²) in [6, 6.07) is 4.19. The first-order valence-electron chi connectivity index (χ1n) is 5.48. The molecule has 3 rings (SSSR count). The maximum atomic E-state index is 11.9. The standard InChI is InChI=1S/C11H14N2O2S/c1-8-6-9-2-4-12-16(14,15)13-5-3-10(7-8)11(9)13/h6-7,12H,2-5H2,1H3. The third kappa shape index (κ3) is 1.35. The van der Waals surface area contributed by atoms with Crippen molar-refractivity contribution in [2.45, 2.75) is 19.8 Å². The second kappa shape index (κ2) is 3.21. The van der Waals surface area contributed by atoms with Gasteiger partial charge in [-0.25, -0.2) is 0 Å². The molecule has 0 saturated heterocycles. The summed E-state index contributed by atoms with van der Waals surface area (Å²) < 4.78 is 28.0. The van der Waals surface area contributed by atoms with E-state index in [1.54, 1.807) is 0 Å². The van der Waals surface area contributed by atoms with E-state index in [2.05, 4.69) is 23.8 Å². The molecular weight excluding hydrogens is 224 g/mol. The van der Waals surface area contributed by atoms with E-state index < -0.39 is 10.2 Å². The Morgan fingerprint density at radius 1 is 1.25 bits per heavy atom. The average molecular weight is 238 g/mol. The summed E-state index contributed by atoms with van der Waals surface area (Å²) in [6.07, 6.45) is 1.60. The lowest BCUT2D eigenvalue weighted by atomic mass is 10.0. The van der Waals surface area contributed by atoms with Gasteiger partial charge in [0.05, 0.1) is 5.69 Å². The second-order valence-corrected chi connectivity index (χ2v) is 6.08. The highest BCUT2D eigenvalue weighted by Gasteiger charge is 2.33. The fraction of sp³-hybridized carbons (Fsp3) is 0.455. The summed E-state index contributed by atoms with van der Waals surface area (Å²) in [7, 11) is -3.30. The molecule has 1 N–H and O–H groups in total. The molecule has 0 radical (unpaired) electrons. The fourth-order valence-corrected chi connectivity index (χ4v) is 3.92. The molecule has 0 unspecified atom stereocenters. The number of hydrogen-bond acceptors (Lipinski definition) is 2. The molecule has 0 bridgehead atoms. The van der Waals surface area contributed by atoms with Crippen LogP contribution in [0.25, 0.3) is 0 Å². The third-order valence-electron chi connectivity index (χ3n) is 3.21. The van der Waals surface area contributed by atoms with Crippen molar-refractivity contribution in [1.82, 2.24) is 4.72 Å². The van der Waals surface area contributed by atoms with Gasteiger partial charge in [-0.1, -0.05) is 17.7 Å². The van der Waals surface area contributed by atoms with Gasteiger partial charge in [-0.2, -0.15) is 13.1 Å². The second-order valence-electron chi connectivity index (χ2n) is 4.40. The van der Waals surface area contributed by atoms with Crippen molar-refractivity contribution in [1.29, 1.82) is 0 Å². The van der Waals surface area contributed by atoms with E-state index in [1.165, 1.54) is 15.4 Å². The van der Waals surface area contributed by atoms with Crippen LogP contribution >= 0.6 is 0 Å². The zero-order valence-corrected chi connectivity index (χ0v) is 9.97. The van der Waals surface area contributed by atoms with Crippen LogP contribution in [-0.2, 0) is 23.1 Å². The van der Waals surface area contributed by atoms with Crippen LogP contribution in [0.15, 0.2) is 12.1 Å². The smallest absolute Gasteiger partial charge is 0.257 e. The molecule has 0 aromatic heterocycles. The Hall–Kier alpha value is -1.07. The Morgan fingerprint density at radius 2 is 1.94 bits per heavy atom. The van der Waals surface area contributed by atoms with Crippen LogP contribution in [0.2, 0.25) is 0 Å². The highest BCUT2D eigenvalue weighted by Crippen LogP contribution is 2.36. The lowest BCUT2D eigenvalue weighted by Gasteiger charge is -2.18. The minimum absolute atomic E-state index is 0.495. The SMILES string of the molecule is Cc1cc2c3c(c1)CCN3S(=O)(=O)NCC2. The van der Waals surface area contributed by atoms with Crippen molar-refractivity contribution < 1.29 is 8.42 Å². The van der Waals surface area contributed by atoms with Crippen molar-refractivity contribution in [2.24, 2.45) is 0 Å². The minimum Gasteiger partial charge on any atom is -0.257 e. The zero-order chi connectivity index (χ0) is 11.3. The van der Waals surface area contributed by atoms with E-state index in [-0.39, 0.29) is 0 Å². The first kappa shape index (κ1) is 10.1. The number of hydrogen-bond donors (Lipinski definition) is 1. The molecule has 4 nitrogen and oxygen atoms in total. The van der Waals surface area contributed by atoms with Gasteiger partial charge in [-0.3, -0.25) is 4.31 Å². The Balaban J connectivity index is 2.27. The van der Waals surface area contributed by atoms with E-state index in [9.17, 15) is 8.42 Å². The molecule has 0 aliphatic carbocycles. The molecule has 0 atom stereocenters. The molecule has 0 fully saturated rings. The van der Waals surface area contributed by atoms with Crippen molar-refractivity contribution in [3.05, 3.63) is 28.8 Å². The quantitative estimate of drug-likeness (QED) is 0.725. The number of nitrogens with zero attached hydrogens (tertiary/aromatic N) is 1. The normalized spacial score (nSPS) is 21.7. The minimum atomic E-state index is -3.30. The fourth-order valence-electron chi connectivity index (χ4n) is 2.60. The van der Waals surface area contributed by atoms with Crippen LogP contribution in [0, 0.1) is 6.92 Å². The molecule has 0 amide bonds. The van der Waals surface area contributed by atoms with Crippen molar-refractivity contribution in [3.8, 4) is 0 Å². The van der Waals surface area contributed by atoms with Crippen LogP contribution in [0.1, 0.15) is 16.7 Å². The predicted molar refractivity (Wildman–Crippen MR) is 62.9 cm³/mol. The first-order chi connectivity index (χ1) is 7.58. The number of rotatable bonds is 0. The average Bonchev–Trinajstić information content (AvgIpc) is 2.55. The first-order valence-corrected chi connectivity index (χ1v) is 6.92. The lowest BCUT2D eigenvalue weighted by molar-refractivity contribution is 0.580. The zero-order valence-electron chi connectivity index (χ0n) is 9.16. The number of benzene rings is 1. The summed E-state index contributed by atoms with van der Waals surface area (Å²) >= 11 is 0. The van der Waals surface area contributed by atoms with E-state index in [4.69, 9.17) is 0 Å². The topological polar surface area (TPSA) is 49.4 Å². The van der Waals surface area contributed by atoms with E-state index in [1.807, 2.05) is 0 Å². The van der Waals surface area contributed by atoms with Crippen molar-refractivity contribution in [2.75, 3.05) is 17.4 Å². The summed E-state index contributed by atoms with van der Waals surface area (Å²) in [4.78, 5) is 0. The Kier molecular flexibility index (Phi) is 2.03. The maximum Gasteiger partial charge on any atom is 0.301 e. The van der Waals surface area contributed by atoms with Gasteiger partial charge in [0.25, 0.3) is 0 Å². The highest BCUT2D eigenvalue weighted by atomic mass is 32.2. The molecule has 5 heteroatoms. The predicted octanol–water partition coefficient (Wildman–Crippen LogP) is 0.748. The molecule has 2 heterocycles. The Morgan fingerprint density at radius 3 is 2.69 bits per heavy atom. The number of nitrogens with one attached hydrogen (secondary N) is 1. The van der Waals surface area contributed by atoms with Crippen LogP contribution in [-0.4, -0.2) is 21.5 Å². The van der Waals surface area contributed by atoms with Gasteiger partial charge in [0.2, 0.25) is 0 Å². The van der Waals surface area contributed by atoms with Crippen LogP contribution in [0.4, 0.5) is 5.69 Å². The molecule has 16 heavy (non-hydrogen) atoms. The molecule has 1 aromatic carbocycles. The monoisotopic (exact) mass is 238 g/mol. The molecule has 0 saturated carbocycles. The van der Waals surface area contributed by atoms with Gasteiger partial charge in [-0.15, -0.1) is 0 Å². The van der Waals surface area contributed by atoms with Gasteiger partial charge >= 0.3 is 10.2 Å². The third-order valence-corrected chi connectivity index (χ3v) is 4.73. The molecule has 86 valence electrons. The van der Waals surface area contributed by atoms with Crippen LogP contribution in [0.5, 0.6) is 0 Å². The highest BCUT2D eigenvalue weighted by molar-refractivity contribution is 7.90. The van der Waals surface area contributed by atoms with Crippen LogP contribution < -0.4 is 9.03 Å². The van der Waals surface area contributed by atoms with Crippen molar-refractivity contribution >= 4 is 15.9 Å². The summed E-state index contributed by atoms with van der Waals surface area (Å²) in [5.74, 6) is 0. The number of aryl methyl sites for hydroxylation is 1. The van der Waals surface area contributed by atoms with Gasteiger partial charge < -0.3 is 0 Å². The maximum absolute atomic E-state index is 11.9. The van der Waals surface area contributed by atoms with Gasteiger partial charge in [0.1, 0.15) is 0 Å². The van der Waals surface area contributed by atoms with Gasteiger partial charge in [-0.05, 0) is 30.9 Å². The lowest BCUT2D eigenvalue weighted by Crippen LogP contribution is -2.38. The van der Waals surface area contributed by atoms with Crippen LogP contribution in [0.3, 0.4) is 0 Å². The van der Waals surface area contributed by atoms with Crippen molar-refractivity contribution in [3.63, 3.8) is 0 Å². The van der Waals surface area contributed by atoms with E-state index in [0.29, 0.717) is 13.1 Å². The molecule has 0 spiro atoms. The molecular formula is C11H14N2O2S. The summed E-state index contributed by atoms with van der Waals surface area (Å²) in [5.41, 5.74) is 4.47. The summed E-state index contributed by atoms with van der Waals surface area (Å²) in [5, 5.41) is 0.